The molecule has 1 aromatic rings. The molecule has 0 radical (unpaired) electrons. The van der Waals surface area contributed by atoms with Crippen LogP contribution in [0.1, 0.15) is 13.3 Å². The van der Waals surface area contributed by atoms with Gasteiger partial charge in [0.15, 0.2) is 5.82 Å². The van der Waals surface area contributed by atoms with Gasteiger partial charge in [0.25, 0.3) is 0 Å². The van der Waals surface area contributed by atoms with Crippen LogP contribution in [0.15, 0.2) is 11.2 Å². The van der Waals surface area contributed by atoms with E-state index in [0.29, 0.717) is 5.71 Å². The van der Waals surface area contributed by atoms with Crippen molar-refractivity contribution in [2.45, 2.75) is 13.3 Å². The van der Waals surface area contributed by atoms with E-state index in [2.05, 4.69) is 15.0 Å². The lowest BCUT2D eigenvalue weighted by Gasteiger charge is -2.00. The van der Waals surface area contributed by atoms with Crippen molar-refractivity contribution in [1.29, 1.82) is 5.41 Å². The van der Waals surface area contributed by atoms with Crippen LogP contribution in [-0.4, -0.2) is 21.5 Å². The number of aliphatic imine (C=N–C) groups is 1. The quantitative estimate of drug-likeness (QED) is 0.529. The first-order chi connectivity index (χ1) is 6.99. The zero-order chi connectivity index (χ0) is 11.4. The summed E-state index contributed by atoms with van der Waals surface area (Å²) in [6.45, 7) is 1.64. The van der Waals surface area contributed by atoms with Crippen LogP contribution in [-0.2, 0) is 0 Å². The van der Waals surface area contributed by atoms with Crippen LogP contribution >= 0.6 is 11.6 Å². The number of nitrogen functional groups attached to an aromatic ring is 1. The van der Waals surface area contributed by atoms with Crippen molar-refractivity contribution in [3.63, 3.8) is 0 Å². The predicted molar refractivity (Wildman–Crippen MR) is 60.8 cm³/mol. The van der Waals surface area contributed by atoms with Crippen LogP contribution < -0.4 is 11.5 Å². The summed E-state index contributed by atoms with van der Waals surface area (Å²) in [6.07, 6.45) is 1.63. The van der Waals surface area contributed by atoms with Gasteiger partial charge < -0.3 is 16.9 Å². The average molecular weight is 227 g/mol. The van der Waals surface area contributed by atoms with Gasteiger partial charge >= 0.3 is 0 Å². The molecule has 1 rings (SSSR count). The number of rotatable bonds is 3. The van der Waals surface area contributed by atoms with Gasteiger partial charge in [0.1, 0.15) is 10.9 Å². The van der Waals surface area contributed by atoms with Crippen molar-refractivity contribution < 1.29 is 0 Å². The summed E-state index contributed by atoms with van der Waals surface area (Å²) in [5, 5.41) is 7.51. The van der Waals surface area contributed by atoms with Crippen molar-refractivity contribution in [2.75, 3.05) is 5.73 Å². The number of aromatic nitrogens is 2. The van der Waals surface area contributed by atoms with Crippen LogP contribution in [0.4, 0.5) is 11.8 Å². The molecule has 0 unspecified atom stereocenters. The molecule has 7 heteroatoms. The van der Waals surface area contributed by atoms with Crippen molar-refractivity contribution in [1.82, 2.24) is 9.97 Å². The first-order valence-electron chi connectivity index (χ1n) is 4.14. The molecule has 80 valence electrons. The van der Waals surface area contributed by atoms with Crippen LogP contribution in [0, 0.1) is 5.41 Å². The lowest BCUT2D eigenvalue weighted by molar-refractivity contribution is 1.16. The van der Waals surface area contributed by atoms with E-state index in [1.165, 1.54) is 6.20 Å². The summed E-state index contributed by atoms with van der Waals surface area (Å²) < 4.78 is 0. The minimum atomic E-state index is 0.0810. The highest BCUT2D eigenvalue weighted by Crippen LogP contribution is 2.21. The Morgan fingerprint density at radius 1 is 1.67 bits per heavy atom. The Hall–Kier alpha value is -1.69. The topological polar surface area (TPSA) is 114 Å². The molecule has 0 aliphatic rings. The lowest BCUT2D eigenvalue weighted by atomic mass is 10.3. The molecule has 0 aromatic carbocycles. The van der Waals surface area contributed by atoms with Gasteiger partial charge in [0.2, 0.25) is 5.95 Å². The molecule has 0 atom stereocenters. The maximum absolute atomic E-state index is 7.24. The van der Waals surface area contributed by atoms with Gasteiger partial charge in [-0.2, -0.15) is 4.98 Å². The number of nitrogens with one attached hydrogen (secondary N) is 1. The molecule has 15 heavy (non-hydrogen) atoms. The van der Waals surface area contributed by atoms with E-state index in [1.807, 2.05) is 0 Å². The third-order valence-corrected chi connectivity index (χ3v) is 1.71. The van der Waals surface area contributed by atoms with Crippen LogP contribution in [0.3, 0.4) is 0 Å². The lowest BCUT2D eigenvalue weighted by Crippen LogP contribution is -2.14. The minimum Gasteiger partial charge on any atom is -0.387 e. The van der Waals surface area contributed by atoms with Gasteiger partial charge in [-0.15, -0.1) is 0 Å². The SMILES string of the molecule is CC(=N)CC(N)=Nc1nc(N)ncc1Cl. The number of nitrogens with zero attached hydrogens (tertiary/aromatic N) is 3. The molecule has 6 nitrogen and oxygen atoms in total. The van der Waals surface area contributed by atoms with E-state index in [4.69, 9.17) is 28.5 Å². The van der Waals surface area contributed by atoms with E-state index in [0.717, 1.165) is 0 Å². The second kappa shape index (κ2) is 4.70. The number of anilines is 1. The third kappa shape index (κ3) is 3.51. The molecule has 0 saturated carbocycles. The highest BCUT2D eigenvalue weighted by atomic mass is 35.5. The molecule has 0 bridgehead atoms. The van der Waals surface area contributed by atoms with Crippen molar-refractivity contribution in [2.24, 2.45) is 10.7 Å². The van der Waals surface area contributed by atoms with Crippen molar-refractivity contribution in [3.8, 4) is 0 Å². The van der Waals surface area contributed by atoms with Gasteiger partial charge in [0, 0.05) is 12.1 Å². The molecule has 0 amide bonds. The normalized spacial score (nSPS) is 11.5. The Bertz CT molecular complexity index is 414. The number of nitrogens with two attached hydrogens (primary N) is 2. The largest absolute Gasteiger partial charge is 0.387 e. The third-order valence-electron chi connectivity index (χ3n) is 1.44. The fraction of sp³-hybridized carbons (Fsp3) is 0.250. The van der Waals surface area contributed by atoms with Gasteiger partial charge in [-0.25, -0.2) is 9.98 Å². The van der Waals surface area contributed by atoms with E-state index < -0.39 is 0 Å². The van der Waals surface area contributed by atoms with Gasteiger partial charge in [-0.05, 0) is 6.92 Å². The molecule has 1 aromatic heterocycles. The summed E-state index contributed by atoms with van der Waals surface area (Å²) in [5.41, 5.74) is 11.4. The van der Waals surface area contributed by atoms with E-state index >= 15 is 0 Å². The zero-order valence-corrected chi connectivity index (χ0v) is 8.91. The summed E-state index contributed by atoms with van der Waals surface area (Å²) in [5.74, 6) is 0.572. The summed E-state index contributed by atoms with van der Waals surface area (Å²) >= 11 is 5.78. The Kier molecular flexibility index (Phi) is 3.56. The van der Waals surface area contributed by atoms with Gasteiger partial charge in [0.05, 0.1) is 6.20 Å². The maximum Gasteiger partial charge on any atom is 0.222 e. The molecule has 5 N–H and O–H groups in total. The Labute approximate surface area is 91.9 Å². The van der Waals surface area contributed by atoms with E-state index in [1.54, 1.807) is 6.92 Å². The van der Waals surface area contributed by atoms with Crippen LogP contribution in [0.2, 0.25) is 5.02 Å². The number of hydrogen-bond donors (Lipinski definition) is 3. The number of halogens is 1. The zero-order valence-electron chi connectivity index (χ0n) is 8.16. The molecule has 0 fully saturated rings. The monoisotopic (exact) mass is 226 g/mol. The first-order valence-corrected chi connectivity index (χ1v) is 4.52. The second-order valence-corrected chi connectivity index (χ2v) is 3.37. The second-order valence-electron chi connectivity index (χ2n) is 2.96. The van der Waals surface area contributed by atoms with Crippen LogP contribution in [0.5, 0.6) is 0 Å². The molecule has 0 saturated heterocycles. The average Bonchev–Trinajstić information content (AvgIpc) is 2.10. The molecule has 0 aliphatic carbocycles. The smallest absolute Gasteiger partial charge is 0.222 e. The first kappa shape index (κ1) is 11.4. The predicted octanol–water partition coefficient (Wildman–Crippen LogP) is 1.13. The minimum absolute atomic E-state index is 0.0810. The van der Waals surface area contributed by atoms with Crippen molar-refractivity contribution in [3.05, 3.63) is 11.2 Å². The maximum atomic E-state index is 7.24. The van der Waals surface area contributed by atoms with Crippen LogP contribution in [0.25, 0.3) is 0 Å². The highest BCUT2D eigenvalue weighted by molar-refractivity contribution is 6.32. The molecule has 0 spiro atoms. The summed E-state index contributed by atoms with van der Waals surface area (Å²) in [6, 6.07) is 0. The van der Waals surface area contributed by atoms with Gasteiger partial charge in [-0.3, -0.25) is 0 Å². The Morgan fingerprint density at radius 2 is 2.33 bits per heavy atom. The molecule has 0 aliphatic heterocycles. The fourth-order valence-electron chi connectivity index (χ4n) is 0.897. The Morgan fingerprint density at radius 3 is 2.93 bits per heavy atom. The molecular weight excluding hydrogens is 216 g/mol. The summed E-state index contributed by atoms with van der Waals surface area (Å²) in [4.78, 5) is 11.5. The van der Waals surface area contributed by atoms with E-state index in [-0.39, 0.29) is 29.0 Å². The van der Waals surface area contributed by atoms with Crippen molar-refractivity contribution >= 4 is 34.9 Å². The number of amidine groups is 1. The highest BCUT2D eigenvalue weighted by Gasteiger charge is 2.03. The van der Waals surface area contributed by atoms with E-state index in [9.17, 15) is 0 Å². The molecular formula is C8H11ClN6. The Balaban J connectivity index is 2.96. The standard InChI is InChI=1S/C8H11ClN6/c1-4(10)2-6(11)14-7-5(9)3-13-8(12)15-7/h3,10H,2H2,1H3,(H4,11,12,13,14,15). The summed E-state index contributed by atoms with van der Waals surface area (Å²) in [7, 11) is 0. The molecule has 1 heterocycles. The fourth-order valence-corrected chi connectivity index (χ4v) is 1.03. The number of hydrogen-bond acceptors (Lipinski definition) is 5. The van der Waals surface area contributed by atoms with Gasteiger partial charge in [-0.1, -0.05) is 11.6 Å².